The van der Waals surface area contributed by atoms with Crippen molar-refractivity contribution in [1.82, 2.24) is 15.1 Å². The van der Waals surface area contributed by atoms with Gasteiger partial charge in [0, 0.05) is 18.9 Å². The molecule has 4 rings (SSSR count). The van der Waals surface area contributed by atoms with Crippen molar-refractivity contribution in [1.29, 1.82) is 0 Å². The number of hydrogen-bond acceptors (Lipinski definition) is 4. The van der Waals surface area contributed by atoms with Crippen molar-refractivity contribution in [3.05, 3.63) is 78.1 Å². The third-order valence-corrected chi connectivity index (χ3v) is 4.26. The summed E-state index contributed by atoms with van der Waals surface area (Å²) in [6, 6.07) is 17.2. The zero-order chi connectivity index (χ0) is 17.8. The maximum atomic E-state index is 12.5. The summed E-state index contributed by atoms with van der Waals surface area (Å²) < 4.78 is 13.2. The second kappa shape index (κ2) is 7.31. The van der Waals surface area contributed by atoms with Crippen LogP contribution in [0.5, 0.6) is 11.5 Å². The first kappa shape index (κ1) is 16.2. The third kappa shape index (κ3) is 3.54. The summed E-state index contributed by atoms with van der Waals surface area (Å²) in [6.07, 6.45) is 3.02. The quantitative estimate of drug-likeness (QED) is 0.768. The van der Waals surface area contributed by atoms with Crippen molar-refractivity contribution in [2.45, 2.75) is 19.2 Å². The molecule has 0 fully saturated rings. The number of fused-ring (bicyclic) bond motifs is 1. The number of hydrogen-bond donors (Lipinski definition) is 1. The molecule has 0 saturated heterocycles. The molecule has 26 heavy (non-hydrogen) atoms. The summed E-state index contributed by atoms with van der Waals surface area (Å²) in [5.74, 6) is 1.08. The number of nitrogens with one attached hydrogen (secondary N) is 1. The molecule has 0 radical (unpaired) electrons. The SMILES string of the molecule is O=C(NCc1ccccc1Cn1cccn1)C1COc2ccccc2O1. The summed E-state index contributed by atoms with van der Waals surface area (Å²) in [5, 5.41) is 7.18. The molecule has 132 valence electrons. The second-order valence-corrected chi connectivity index (χ2v) is 6.05. The van der Waals surface area contributed by atoms with Gasteiger partial charge in [-0.3, -0.25) is 9.48 Å². The van der Waals surface area contributed by atoms with Crippen molar-refractivity contribution in [2.24, 2.45) is 0 Å². The first-order valence-electron chi connectivity index (χ1n) is 8.50. The largest absolute Gasteiger partial charge is 0.485 e. The van der Waals surface area contributed by atoms with Crippen LogP contribution in [-0.2, 0) is 17.9 Å². The summed E-state index contributed by atoms with van der Waals surface area (Å²) in [7, 11) is 0. The van der Waals surface area contributed by atoms with E-state index in [9.17, 15) is 4.79 Å². The second-order valence-electron chi connectivity index (χ2n) is 6.05. The molecule has 1 aliphatic heterocycles. The van der Waals surface area contributed by atoms with Gasteiger partial charge in [-0.05, 0) is 29.3 Å². The predicted molar refractivity (Wildman–Crippen MR) is 96.0 cm³/mol. The highest BCUT2D eigenvalue weighted by molar-refractivity contribution is 5.81. The Morgan fingerprint density at radius 3 is 2.65 bits per heavy atom. The molecular weight excluding hydrogens is 330 g/mol. The van der Waals surface area contributed by atoms with Crippen LogP contribution >= 0.6 is 0 Å². The van der Waals surface area contributed by atoms with E-state index in [4.69, 9.17) is 9.47 Å². The molecular formula is C20H19N3O3. The highest BCUT2D eigenvalue weighted by atomic mass is 16.6. The number of aromatic nitrogens is 2. The molecule has 6 nitrogen and oxygen atoms in total. The van der Waals surface area contributed by atoms with Gasteiger partial charge in [-0.25, -0.2) is 0 Å². The number of nitrogens with zero attached hydrogens (tertiary/aromatic N) is 2. The van der Waals surface area contributed by atoms with Gasteiger partial charge in [-0.2, -0.15) is 5.10 Å². The molecule has 0 bridgehead atoms. The standard InChI is InChI=1S/C20H19N3O3/c24-20(19-14-25-17-8-3-4-9-18(17)26-19)21-12-15-6-1-2-7-16(15)13-23-11-5-10-22-23/h1-11,19H,12-14H2,(H,21,24). The fraction of sp³-hybridized carbons (Fsp3) is 0.200. The Morgan fingerprint density at radius 1 is 1.08 bits per heavy atom. The number of rotatable bonds is 5. The number of amides is 1. The molecule has 0 aliphatic carbocycles. The molecule has 6 heteroatoms. The lowest BCUT2D eigenvalue weighted by Gasteiger charge is -2.25. The van der Waals surface area contributed by atoms with Gasteiger partial charge in [0.15, 0.2) is 11.5 Å². The van der Waals surface area contributed by atoms with E-state index in [1.54, 1.807) is 12.3 Å². The van der Waals surface area contributed by atoms with Gasteiger partial charge in [0.05, 0.1) is 6.54 Å². The molecule has 1 amide bonds. The molecule has 1 unspecified atom stereocenters. The normalized spacial score (nSPS) is 15.5. The highest BCUT2D eigenvalue weighted by Crippen LogP contribution is 2.30. The molecule has 1 N–H and O–H groups in total. The minimum atomic E-state index is -0.650. The Labute approximate surface area is 151 Å². The molecule has 0 spiro atoms. The van der Waals surface area contributed by atoms with Crippen LogP contribution in [0.1, 0.15) is 11.1 Å². The zero-order valence-corrected chi connectivity index (χ0v) is 14.2. The van der Waals surface area contributed by atoms with Crippen molar-refractivity contribution < 1.29 is 14.3 Å². The van der Waals surface area contributed by atoms with E-state index >= 15 is 0 Å². The van der Waals surface area contributed by atoms with Crippen LogP contribution in [0.25, 0.3) is 0 Å². The first-order valence-corrected chi connectivity index (χ1v) is 8.50. The van der Waals surface area contributed by atoms with Crippen molar-refractivity contribution in [3.63, 3.8) is 0 Å². The van der Waals surface area contributed by atoms with Crippen LogP contribution in [0.4, 0.5) is 0 Å². The van der Waals surface area contributed by atoms with Gasteiger partial charge in [-0.15, -0.1) is 0 Å². The lowest BCUT2D eigenvalue weighted by molar-refractivity contribution is -0.130. The Balaban J connectivity index is 1.39. The lowest BCUT2D eigenvalue weighted by atomic mass is 10.1. The molecule has 3 aromatic rings. The molecule has 2 heterocycles. The molecule has 0 saturated carbocycles. The van der Waals surface area contributed by atoms with E-state index < -0.39 is 6.10 Å². The van der Waals surface area contributed by atoms with Crippen LogP contribution in [0, 0.1) is 0 Å². The number of ether oxygens (including phenoxy) is 2. The minimum absolute atomic E-state index is 0.187. The van der Waals surface area contributed by atoms with Gasteiger partial charge >= 0.3 is 0 Å². The number of benzene rings is 2. The van der Waals surface area contributed by atoms with Gasteiger partial charge < -0.3 is 14.8 Å². The summed E-state index contributed by atoms with van der Waals surface area (Å²) in [6.45, 7) is 1.30. The molecule has 1 aliphatic rings. The number of carbonyl (C=O) groups excluding carboxylic acids is 1. The van der Waals surface area contributed by atoms with Crippen molar-refractivity contribution in [3.8, 4) is 11.5 Å². The number of carbonyl (C=O) groups is 1. The monoisotopic (exact) mass is 349 g/mol. The molecule has 1 aromatic heterocycles. The first-order chi connectivity index (χ1) is 12.8. The predicted octanol–water partition coefficient (Wildman–Crippen LogP) is 2.39. The van der Waals surface area contributed by atoms with Crippen LogP contribution in [0.2, 0.25) is 0 Å². The Morgan fingerprint density at radius 2 is 1.85 bits per heavy atom. The van der Waals surface area contributed by atoms with E-state index in [0.717, 1.165) is 11.1 Å². The maximum Gasteiger partial charge on any atom is 0.264 e. The Bertz CT molecular complexity index is 893. The van der Waals surface area contributed by atoms with Gasteiger partial charge in [0.2, 0.25) is 6.10 Å². The van der Waals surface area contributed by atoms with Crippen molar-refractivity contribution >= 4 is 5.91 Å². The van der Waals surface area contributed by atoms with Crippen molar-refractivity contribution in [2.75, 3.05) is 6.61 Å². The topological polar surface area (TPSA) is 65.4 Å². The maximum absolute atomic E-state index is 12.5. The Kier molecular flexibility index (Phi) is 4.55. The average Bonchev–Trinajstić information content (AvgIpc) is 3.20. The Hall–Kier alpha value is -3.28. The van der Waals surface area contributed by atoms with Crippen LogP contribution in [0.3, 0.4) is 0 Å². The summed E-state index contributed by atoms with van der Waals surface area (Å²) in [5.41, 5.74) is 2.16. The van der Waals surface area contributed by atoms with Gasteiger partial charge in [0.1, 0.15) is 6.61 Å². The van der Waals surface area contributed by atoms with Crippen LogP contribution in [0.15, 0.2) is 67.0 Å². The van der Waals surface area contributed by atoms with E-state index in [1.807, 2.05) is 59.4 Å². The fourth-order valence-corrected chi connectivity index (χ4v) is 2.90. The molecule has 1 atom stereocenters. The smallest absolute Gasteiger partial charge is 0.264 e. The average molecular weight is 349 g/mol. The van der Waals surface area contributed by atoms with E-state index in [2.05, 4.69) is 10.4 Å². The summed E-state index contributed by atoms with van der Waals surface area (Å²) >= 11 is 0. The van der Waals surface area contributed by atoms with E-state index in [0.29, 0.717) is 24.6 Å². The van der Waals surface area contributed by atoms with Gasteiger partial charge in [0.25, 0.3) is 5.91 Å². The minimum Gasteiger partial charge on any atom is -0.485 e. The van der Waals surface area contributed by atoms with E-state index in [1.165, 1.54) is 0 Å². The zero-order valence-electron chi connectivity index (χ0n) is 14.2. The fourth-order valence-electron chi connectivity index (χ4n) is 2.90. The van der Waals surface area contributed by atoms with E-state index in [-0.39, 0.29) is 12.5 Å². The lowest BCUT2D eigenvalue weighted by Crippen LogP contribution is -2.43. The van der Waals surface area contributed by atoms with Crippen LogP contribution in [-0.4, -0.2) is 28.4 Å². The van der Waals surface area contributed by atoms with Crippen LogP contribution < -0.4 is 14.8 Å². The highest BCUT2D eigenvalue weighted by Gasteiger charge is 2.27. The number of para-hydroxylation sites is 2. The van der Waals surface area contributed by atoms with Gasteiger partial charge in [-0.1, -0.05) is 36.4 Å². The third-order valence-electron chi connectivity index (χ3n) is 4.26. The summed E-state index contributed by atoms with van der Waals surface area (Å²) in [4.78, 5) is 12.5. The molecule has 2 aromatic carbocycles.